The molecule has 0 atom stereocenters. The molecule has 0 saturated carbocycles. The Kier molecular flexibility index (Phi) is 18.0. The fourth-order valence-corrected chi connectivity index (χ4v) is 1.02. The van der Waals surface area contributed by atoms with Crippen LogP contribution in [0.2, 0.25) is 0 Å². The average Bonchev–Trinajstić information content (AvgIpc) is 1.89. The Hall–Kier alpha value is 1.35. The predicted octanol–water partition coefficient (Wildman–Crippen LogP) is 0.442. The molecule has 0 aliphatic heterocycles. The molecule has 0 bridgehead atoms. The van der Waals surface area contributed by atoms with Gasteiger partial charge in [0.05, 0.1) is 0 Å². The summed E-state index contributed by atoms with van der Waals surface area (Å²) in [6.07, 6.45) is 8.01. The monoisotopic (exact) mass is 168 g/mol. The standard InChI is InChI=1S/C8H17S.Na/c1-2-3-4-5-6-7-8-9;/h8-9H,2-7H2,1H3;/q-1;+1. The van der Waals surface area contributed by atoms with Crippen LogP contribution in [0.3, 0.4) is 0 Å². The Balaban J connectivity index is 0. The first-order chi connectivity index (χ1) is 4.41. The molecule has 56 valence electrons. The first-order valence-corrected chi connectivity index (χ1v) is 4.39. The summed E-state index contributed by atoms with van der Waals surface area (Å²) in [5.74, 6) is 1.95. The molecule has 0 aromatic heterocycles. The molecule has 0 amide bonds. The Morgan fingerprint density at radius 2 is 1.70 bits per heavy atom. The van der Waals surface area contributed by atoms with Gasteiger partial charge >= 0.3 is 29.6 Å². The number of hydrogen-bond acceptors (Lipinski definition) is 1. The zero-order valence-corrected chi connectivity index (χ0v) is 10.2. The van der Waals surface area contributed by atoms with Crippen LogP contribution in [0.15, 0.2) is 0 Å². The van der Waals surface area contributed by atoms with Crippen molar-refractivity contribution in [2.45, 2.75) is 45.4 Å². The molecule has 0 rings (SSSR count). The van der Waals surface area contributed by atoms with Gasteiger partial charge in [-0.05, 0) is 0 Å². The molecule has 2 heteroatoms. The van der Waals surface area contributed by atoms with Crippen LogP contribution in [0, 0.1) is 5.75 Å². The molecule has 0 aromatic carbocycles. The normalized spacial score (nSPS) is 9.00. The first kappa shape index (κ1) is 13.9. The van der Waals surface area contributed by atoms with Crippen molar-refractivity contribution in [2.75, 3.05) is 0 Å². The zero-order valence-electron chi connectivity index (χ0n) is 7.27. The number of rotatable bonds is 6. The van der Waals surface area contributed by atoms with E-state index in [2.05, 4.69) is 19.6 Å². The van der Waals surface area contributed by atoms with Crippen LogP contribution in [0.1, 0.15) is 45.4 Å². The average molecular weight is 168 g/mol. The number of unbranched alkanes of at least 4 members (excludes halogenated alkanes) is 5. The number of hydrogen-bond donors (Lipinski definition) is 1. The van der Waals surface area contributed by atoms with E-state index in [9.17, 15) is 0 Å². The van der Waals surface area contributed by atoms with E-state index in [4.69, 9.17) is 0 Å². The molecule has 10 heavy (non-hydrogen) atoms. The van der Waals surface area contributed by atoms with Crippen molar-refractivity contribution in [1.82, 2.24) is 0 Å². The van der Waals surface area contributed by atoms with Crippen LogP contribution in [0.25, 0.3) is 0 Å². The smallest absolute Gasteiger partial charge is 0.369 e. The van der Waals surface area contributed by atoms with E-state index in [1.807, 2.05) is 5.75 Å². The van der Waals surface area contributed by atoms with Gasteiger partial charge in [-0.15, -0.1) is 0 Å². The summed E-state index contributed by atoms with van der Waals surface area (Å²) < 4.78 is 0. The van der Waals surface area contributed by atoms with E-state index in [-0.39, 0.29) is 29.6 Å². The second-order valence-corrected chi connectivity index (χ2v) is 2.75. The Labute approximate surface area is 92.9 Å². The third kappa shape index (κ3) is 12.1. The third-order valence-corrected chi connectivity index (χ3v) is 1.69. The quantitative estimate of drug-likeness (QED) is 0.253. The minimum Gasteiger partial charge on any atom is -0.369 e. The van der Waals surface area contributed by atoms with Crippen molar-refractivity contribution in [3.8, 4) is 0 Å². The summed E-state index contributed by atoms with van der Waals surface area (Å²) in [5, 5.41) is 0. The van der Waals surface area contributed by atoms with Gasteiger partial charge in [-0.25, -0.2) is 0 Å². The largest absolute Gasteiger partial charge is 1.00 e. The van der Waals surface area contributed by atoms with Crippen LogP contribution in [0.4, 0.5) is 0 Å². The minimum absolute atomic E-state index is 0. The van der Waals surface area contributed by atoms with E-state index in [0.717, 1.165) is 0 Å². The summed E-state index contributed by atoms with van der Waals surface area (Å²) in [7, 11) is 0. The van der Waals surface area contributed by atoms with Crippen LogP contribution in [0.5, 0.6) is 0 Å². The van der Waals surface area contributed by atoms with E-state index in [0.29, 0.717) is 0 Å². The Morgan fingerprint density at radius 1 is 1.10 bits per heavy atom. The molecule has 0 N–H and O–H groups in total. The van der Waals surface area contributed by atoms with Crippen LogP contribution < -0.4 is 29.6 Å². The fraction of sp³-hybridized carbons (Fsp3) is 0.875. The van der Waals surface area contributed by atoms with Gasteiger partial charge in [-0.3, -0.25) is 5.75 Å². The predicted molar refractivity (Wildman–Crippen MR) is 46.7 cm³/mol. The van der Waals surface area contributed by atoms with Gasteiger partial charge in [0.1, 0.15) is 0 Å². The van der Waals surface area contributed by atoms with E-state index >= 15 is 0 Å². The van der Waals surface area contributed by atoms with Crippen molar-refractivity contribution >= 4 is 12.6 Å². The molecule has 0 aliphatic rings. The molecular weight excluding hydrogens is 151 g/mol. The summed E-state index contributed by atoms with van der Waals surface area (Å²) in [6, 6.07) is 0. The zero-order chi connectivity index (χ0) is 6.95. The molecular formula is C8H17NaS. The summed E-state index contributed by atoms with van der Waals surface area (Å²) in [5.41, 5.74) is 0. The molecule has 0 aromatic rings. The maximum Gasteiger partial charge on any atom is 1.00 e. The Morgan fingerprint density at radius 3 is 2.20 bits per heavy atom. The second-order valence-electron chi connectivity index (χ2n) is 2.39. The topological polar surface area (TPSA) is 0 Å². The van der Waals surface area contributed by atoms with Gasteiger partial charge in [-0.2, -0.15) is 6.42 Å². The molecule has 0 aliphatic carbocycles. The maximum absolute atomic E-state index is 4.02. The maximum atomic E-state index is 4.02. The first-order valence-electron chi connectivity index (χ1n) is 3.87. The molecule has 0 fully saturated rings. The van der Waals surface area contributed by atoms with Crippen molar-refractivity contribution < 1.29 is 29.6 Å². The van der Waals surface area contributed by atoms with Crippen molar-refractivity contribution in [2.24, 2.45) is 0 Å². The van der Waals surface area contributed by atoms with Gasteiger partial charge in [0, 0.05) is 0 Å². The Bertz CT molecular complexity index is 42.5. The summed E-state index contributed by atoms with van der Waals surface area (Å²) in [4.78, 5) is 0. The summed E-state index contributed by atoms with van der Waals surface area (Å²) >= 11 is 4.02. The molecule has 0 saturated heterocycles. The SMILES string of the molecule is CCCCCCC[CH-]S.[Na+]. The van der Waals surface area contributed by atoms with Crippen LogP contribution >= 0.6 is 12.6 Å². The van der Waals surface area contributed by atoms with Gasteiger partial charge in [0.2, 0.25) is 0 Å². The minimum atomic E-state index is 0. The van der Waals surface area contributed by atoms with Crippen LogP contribution in [-0.2, 0) is 0 Å². The summed E-state index contributed by atoms with van der Waals surface area (Å²) in [6.45, 7) is 2.24. The van der Waals surface area contributed by atoms with Gasteiger partial charge in [-0.1, -0.05) is 39.0 Å². The molecule has 0 spiro atoms. The fourth-order valence-electron chi connectivity index (χ4n) is 0.839. The van der Waals surface area contributed by atoms with Gasteiger partial charge in [0.15, 0.2) is 0 Å². The molecule has 0 unspecified atom stereocenters. The molecule has 0 nitrogen and oxygen atoms in total. The third-order valence-electron chi connectivity index (χ3n) is 1.44. The van der Waals surface area contributed by atoms with Crippen molar-refractivity contribution in [3.05, 3.63) is 5.75 Å². The van der Waals surface area contributed by atoms with Crippen molar-refractivity contribution in [3.63, 3.8) is 0 Å². The van der Waals surface area contributed by atoms with E-state index in [1.165, 1.54) is 38.5 Å². The molecule has 0 heterocycles. The molecule has 0 radical (unpaired) electrons. The second kappa shape index (κ2) is 13.0. The van der Waals surface area contributed by atoms with Gasteiger partial charge in [0.25, 0.3) is 0 Å². The number of thiol groups is 1. The van der Waals surface area contributed by atoms with Crippen molar-refractivity contribution in [1.29, 1.82) is 0 Å². The van der Waals surface area contributed by atoms with Crippen LogP contribution in [-0.4, -0.2) is 0 Å². The van der Waals surface area contributed by atoms with E-state index in [1.54, 1.807) is 0 Å². The van der Waals surface area contributed by atoms with E-state index < -0.39 is 0 Å². The van der Waals surface area contributed by atoms with Gasteiger partial charge < -0.3 is 12.6 Å².